The third kappa shape index (κ3) is 1.93. The van der Waals surface area contributed by atoms with Gasteiger partial charge in [0.1, 0.15) is 0 Å². The monoisotopic (exact) mass is 254 g/mol. The van der Waals surface area contributed by atoms with Gasteiger partial charge in [0.2, 0.25) is 0 Å². The van der Waals surface area contributed by atoms with Crippen molar-refractivity contribution >= 4 is 0 Å². The fraction of sp³-hybridized carbons (Fsp3) is 0.867. The molecule has 2 aliphatic carbocycles. The molecule has 0 heterocycles. The molecule has 0 aromatic rings. The van der Waals surface area contributed by atoms with Crippen LogP contribution in [0.3, 0.4) is 0 Å². The molecule has 0 spiro atoms. The van der Waals surface area contributed by atoms with Crippen LogP contribution in [0.2, 0.25) is 0 Å². The molecule has 104 valence electrons. The number of fused-ring (bicyclic) bond motifs is 1. The Morgan fingerprint density at radius 3 is 2.33 bits per heavy atom. The van der Waals surface area contributed by atoms with E-state index < -0.39 is 11.2 Å². The highest BCUT2D eigenvalue weighted by atomic mass is 16.3. The van der Waals surface area contributed by atoms with Gasteiger partial charge in [0.15, 0.2) is 0 Å². The predicted molar refractivity (Wildman–Crippen MR) is 71.1 cm³/mol. The number of hydrogen-bond donors (Lipinski definition) is 3. The molecule has 2 rings (SSSR count). The zero-order chi connectivity index (χ0) is 13.8. The quantitative estimate of drug-likeness (QED) is 0.627. The van der Waals surface area contributed by atoms with Crippen LogP contribution in [0.5, 0.6) is 0 Å². The van der Waals surface area contributed by atoms with Gasteiger partial charge in [0.05, 0.1) is 17.3 Å². The highest BCUT2D eigenvalue weighted by Gasteiger charge is 2.57. The van der Waals surface area contributed by atoms with Crippen LogP contribution in [0.15, 0.2) is 12.2 Å². The smallest absolute Gasteiger partial charge is 0.0855 e. The lowest BCUT2D eigenvalue weighted by Gasteiger charge is -2.58. The molecule has 5 atom stereocenters. The van der Waals surface area contributed by atoms with Crippen LogP contribution in [0.1, 0.15) is 52.9 Å². The molecule has 0 amide bonds. The Morgan fingerprint density at radius 1 is 1.17 bits per heavy atom. The van der Waals surface area contributed by atoms with Gasteiger partial charge in [-0.3, -0.25) is 0 Å². The van der Waals surface area contributed by atoms with E-state index in [1.165, 1.54) is 0 Å². The van der Waals surface area contributed by atoms with Crippen LogP contribution in [-0.4, -0.2) is 32.6 Å². The molecular formula is C15H26O3. The van der Waals surface area contributed by atoms with Gasteiger partial charge in [0, 0.05) is 0 Å². The molecule has 0 unspecified atom stereocenters. The zero-order valence-electron chi connectivity index (χ0n) is 11.7. The molecule has 0 aromatic carbocycles. The summed E-state index contributed by atoms with van der Waals surface area (Å²) in [6.07, 6.45) is 2.73. The number of rotatable bonds is 1. The van der Waals surface area contributed by atoms with Crippen molar-refractivity contribution in [3.05, 3.63) is 12.2 Å². The van der Waals surface area contributed by atoms with Gasteiger partial charge in [-0.25, -0.2) is 0 Å². The fourth-order valence-electron chi connectivity index (χ4n) is 3.97. The summed E-state index contributed by atoms with van der Waals surface area (Å²) in [5.41, 5.74) is -1.22. The van der Waals surface area contributed by atoms with Crippen molar-refractivity contribution < 1.29 is 15.3 Å². The van der Waals surface area contributed by atoms with Crippen LogP contribution in [0, 0.1) is 11.3 Å². The van der Waals surface area contributed by atoms with Crippen molar-refractivity contribution in [2.75, 3.05) is 0 Å². The second-order valence-corrected chi connectivity index (χ2v) is 6.99. The molecule has 0 bridgehead atoms. The van der Waals surface area contributed by atoms with Crippen LogP contribution < -0.4 is 0 Å². The van der Waals surface area contributed by atoms with Crippen LogP contribution in [-0.2, 0) is 0 Å². The zero-order valence-corrected chi connectivity index (χ0v) is 11.7. The summed E-state index contributed by atoms with van der Waals surface area (Å²) < 4.78 is 0. The van der Waals surface area contributed by atoms with Gasteiger partial charge in [-0.05, 0) is 62.9 Å². The molecule has 3 heteroatoms. The molecule has 0 aromatic heterocycles. The Morgan fingerprint density at radius 2 is 1.78 bits per heavy atom. The molecule has 0 radical (unpaired) electrons. The van der Waals surface area contributed by atoms with E-state index in [0.717, 1.165) is 12.0 Å². The van der Waals surface area contributed by atoms with Crippen molar-refractivity contribution in [3.63, 3.8) is 0 Å². The highest BCUT2D eigenvalue weighted by molar-refractivity contribution is 5.17. The van der Waals surface area contributed by atoms with E-state index in [1.807, 2.05) is 20.8 Å². The average Bonchev–Trinajstić information content (AvgIpc) is 2.27. The maximum Gasteiger partial charge on any atom is 0.0855 e. The van der Waals surface area contributed by atoms with Gasteiger partial charge in [0.25, 0.3) is 0 Å². The lowest BCUT2D eigenvalue weighted by Crippen LogP contribution is -2.60. The summed E-state index contributed by atoms with van der Waals surface area (Å²) in [6, 6.07) is 0. The molecule has 18 heavy (non-hydrogen) atoms. The highest BCUT2D eigenvalue weighted by Crippen LogP contribution is 2.57. The van der Waals surface area contributed by atoms with E-state index in [1.54, 1.807) is 0 Å². The standard InChI is InChI=1S/C15H26O3/c1-10(2)15(18)8-7-13(3)11(9-15)14(4,17)6-5-12(13)16/h11-12,16-18H,1,5-9H2,2-4H3/t11-,12-,13-,14-,15-/m0/s1. The van der Waals surface area contributed by atoms with Gasteiger partial charge in [-0.1, -0.05) is 13.5 Å². The summed E-state index contributed by atoms with van der Waals surface area (Å²) in [6.45, 7) is 9.62. The summed E-state index contributed by atoms with van der Waals surface area (Å²) >= 11 is 0. The molecule has 3 N–H and O–H groups in total. The number of aliphatic hydroxyl groups is 3. The van der Waals surface area contributed by atoms with E-state index in [2.05, 4.69) is 6.58 Å². The maximum absolute atomic E-state index is 10.6. The normalized spacial score (nSPS) is 52.8. The largest absolute Gasteiger partial charge is 0.393 e. The van der Waals surface area contributed by atoms with Crippen molar-refractivity contribution in [2.24, 2.45) is 11.3 Å². The van der Waals surface area contributed by atoms with Gasteiger partial charge < -0.3 is 15.3 Å². The van der Waals surface area contributed by atoms with Crippen molar-refractivity contribution in [3.8, 4) is 0 Å². The Kier molecular flexibility index (Phi) is 3.16. The molecular weight excluding hydrogens is 228 g/mol. The first kappa shape index (κ1) is 14.0. The fourth-order valence-corrected chi connectivity index (χ4v) is 3.97. The predicted octanol–water partition coefficient (Wildman–Crippen LogP) is 2.01. The lowest BCUT2D eigenvalue weighted by atomic mass is 9.51. The summed E-state index contributed by atoms with van der Waals surface area (Å²) in [4.78, 5) is 0. The van der Waals surface area contributed by atoms with Crippen LogP contribution in [0.4, 0.5) is 0 Å². The van der Waals surface area contributed by atoms with Gasteiger partial charge >= 0.3 is 0 Å². The van der Waals surface area contributed by atoms with E-state index in [0.29, 0.717) is 25.7 Å². The molecule has 2 aliphatic rings. The Hall–Kier alpha value is -0.380. The number of hydrogen-bond acceptors (Lipinski definition) is 3. The molecule has 2 saturated carbocycles. The van der Waals surface area contributed by atoms with Crippen molar-refractivity contribution in [2.45, 2.75) is 70.2 Å². The molecule has 3 nitrogen and oxygen atoms in total. The third-order valence-electron chi connectivity index (χ3n) is 5.65. The van der Waals surface area contributed by atoms with Crippen molar-refractivity contribution in [1.29, 1.82) is 0 Å². The Labute approximate surface area is 110 Å². The SMILES string of the molecule is C=C(C)[C@]1(O)CC[C@]2(C)[C@@H](O)CC[C@](C)(O)[C@H]2C1. The van der Waals surface area contributed by atoms with Crippen LogP contribution >= 0.6 is 0 Å². The second kappa shape index (κ2) is 4.06. The second-order valence-electron chi connectivity index (χ2n) is 6.99. The third-order valence-corrected chi connectivity index (χ3v) is 5.65. The lowest BCUT2D eigenvalue weighted by molar-refractivity contribution is -0.193. The topological polar surface area (TPSA) is 60.7 Å². The summed E-state index contributed by atoms with van der Waals surface area (Å²) in [5, 5.41) is 31.5. The minimum absolute atomic E-state index is 0.0794. The first-order valence-corrected chi connectivity index (χ1v) is 6.91. The number of aliphatic hydroxyl groups excluding tert-OH is 1. The van der Waals surface area contributed by atoms with E-state index in [4.69, 9.17) is 0 Å². The van der Waals surface area contributed by atoms with E-state index in [9.17, 15) is 15.3 Å². The first-order chi connectivity index (χ1) is 8.12. The molecule has 0 aliphatic heterocycles. The summed E-state index contributed by atoms with van der Waals surface area (Å²) in [5.74, 6) is -0.0794. The Bertz CT molecular complexity index is 363. The minimum atomic E-state index is -0.884. The van der Waals surface area contributed by atoms with Gasteiger partial charge in [-0.2, -0.15) is 0 Å². The first-order valence-electron chi connectivity index (χ1n) is 6.91. The van der Waals surface area contributed by atoms with Crippen molar-refractivity contribution in [1.82, 2.24) is 0 Å². The van der Waals surface area contributed by atoms with E-state index >= 15 is 0 Å². The summed E-state index contributed by atoms with van der Waals surface area (Å²) in [7, 11) is 0. The Balaban J connectivity index is 2.34. The maximum atomic E-state index is 10.6. The van der Waals surface area contributed by atoms with Crippen LogP contribution in [0.25, 0.3) is 0 Å². The van der Waals surface area contributed by atoms with E-state index in [-0.39, 0.29) is 17.4 Å². The van der Waals surface area contributed by atoms with Gasteiger partial charge in [-0.15, -0.1) is 0 Å². The molecule has 0 saturated heterocycles. The minimum Gasteiger partial charge on any atom is -0.393 e. The average molecular weight is 254 g/mol. The molecule has 2 fully saturated rings.